The Morgan fingerprint density at radius 3 is 2.29 bits per heavy atom. The Labute approximate surface area is 147 Å². The molecule has 0 amide bonds. The van der Waals surface area contributed by atoms with E-state index in [2.05, 4.69) is 55.9 Å². The Morgan fingerprint density at radius 1 is 1.12 bits per heavy atom. The Hall–Kier alpha value is -0.713. The summed E-state index contributed by atoms with van der Waals surface area (Å²) in [4.78, 5) is 2.42. The summed E-state index contributed by atoms with van der Waals surface area (Å²) in [7, 11) is 0.889. The molecule has 24 heavy (non-hydrogen) atoms. The van der Waals surface area contributed by atoms with Crippen LogP contribution in [0.1, 0.15) is 44.6 Å². The fourth-order valence-electron chi connectivity index (χ4n) is 4.46. The molecule has 134 valence electrons. The van der Waals surface area contributed by atoms with Gasteiger partial charge in [0.15, 0.2) is 0 Å². The fourth-order valence-corrected chi connectivity index (χ4v) is 5.62. The molecule has 0 radical (unpaired) electrons. The molecule has 4 heteroatoms. The van der Waals surface area contributed by atoms with Gasteiger partial charge < -0.3 is 4.74 Å². The molecule has 2 nitrogen and oxygen atoms in total. The highest BCUT2D eigenvalue weighted by Gasteiger charge is 2.48. The van der Waals surface area contributed by atoms with Gasteiger partial charge in [-0.3, -0.25) is 4.90 Å². The number of alkyl halides is 1. The first kappa shape index (κ1) is 18.1. The maximum atomic E-state index is 14.3. The first-order valence-electron chi connectivity index (χ1n) is 9.25. The molecule has 0 aromatic heterocycles. The second kappa shape index (κ2) is 6.22. The Balaban J connectivity index is 1.89. The van der Waals surface area contributed by atoms with E-state index in [1.807, 2.05) is 0 Å². The highest BCUT2D eigenvalue weighted by atomic mass is 28.3. The molecule has 0 aliphatic carbocycles. The van der Waals surface area contributed by atoms with Gasteiger partial charge in [0.25, 0.3) is 0 Å². The lowest BCUT2D eigenvalue weighted by molar-refractivity contribution is -0.185. The van der Waals surface area contributed by atoms with Crippen LogP contribution < -0.4 is 5.19 Å². The largest absolute Gasteiger partial charge is 0.341 e. The number of hydrogen-bond acceptors (Lipinski definition) is 2. The van der Waals surface area contributed by atoms with Crippen LogP contribution in [0.15, 0.2) is 24.3 Å². The van der Waals surface area contributed by atoms with E-state index in [9.17, 15) is 4.39 Å². The number of likely N-dealkylation sites (N-methyl/N-ethyl adjacent to an activating group) is 1. The van der Waals surface area contributed by atoms with Crippen LogP contribution in [0.5, 0.6) is 0 Å². The normalized spacial score (nSPS) is 31.5. The summed E-state index contributed by atoms with van der Waals surface area (Å²) in [5.74, 6) is -1.29. The molecule has 1 aromatic carbocycles. The summed E-state index contributed by atoms with van der Waals surface area (Å²) in [6, 6.07) is 10.1. The van der Waals surface area contributed by atoms with Gasteiger partial charge in [0.2, 0.25) is 5.85 Å². The smallest absolute Gasteiger partial charge is 0.203 e. The molecule has 2 saturated heterocycles. The van der Waals surface area contributed by atoms with Crippen molar-refractivity contribution in [2.75, 3.05) is 7.05 Å². The lowest BCUT2D eigenvalue weighted by atomic mass is 9.82. The minimum absolute atomic E-state index is 0.0634. The minimum atomic E-state index is -1.59. The minimum Gasteiger partial charge on any atom is -0.341 e. The summed E-state index contributed by atoms with van der Waals surface area (Å²) in [6.07, 6.45) is 3.33. The van der Waals surface area contributed by atoms with Crippen LogP contribution >= 0.6 is 0 Å². The molecule has 2 aliphatic rings. The van der Waals surface area contributed by atoms with E-state index >= 15 is 0 Å². The lowest BCUT2D eigenvalue weighted by Crippen LogP contribution is -2.52. The van der Waals surface area contributed by atoms with E-state index < -0.39 is 13.9 Å². The van der Waals surface area contributed by atoms with Gasteiger partial charge in [-0.05, 0) is 45.7 Å². The van der Waals surface area contributed by atoms with Crippen LogP contribution in [0.2, 0.25) is 19.6 Å². The third-order valence-corrected chi connectivity index (χ3v) is 7.88. The number of fused-ring (bicyclic) bond motifs is 2. The van der Waals surface area contributed by atoms with Crippen LogP contribution in [0, 0.1) is 0 Å². The number of halogens is 1. The van der Waals surface area contributed by atoms with Crippen molar-refractivity contribution in [3.8, 4) is 0 Å². The second-order valence-electron chi connectivity index (χ2n) is 9.12. The van der Waals surface area contributed by atoms with Gasteiger partial charge in [-0.1, -0.05) is 49.1 Å². The van der Waals surface area contributed by atoms with Gasteiger partial charge in [-0.2, -0.15) is 0 Å². The van der Waals surface area contributed by atoms with Crippen LogP contribution in [0.3, 0.4) is 0 Å². The van der Waals surface area contributed by atoms with Crippen LogP contribution in [0.4, 0.5) is 4.39 Å². The van der Waals surface area contributed by atoms with E-state index in [-0.39, 0.29) is 6.10 Å². The van der Waals surface area contributed by atoms with E-state index in [1.165, 1.54) is 31.0 Å². The van der Waals surface area contributed by atoms with Crippen molar-refractivity contribution >= 4 is 13.3 Å². The van der Waals surface area contributed by atoms with Crippen molar-refractivity contribution in [3.05, 3.63) is 29.8 Å². The molecule has 2 fully saturated rings. The van der Waals surface area contributed by atoms with Gasteiger partial charge >= 0.3 is 0 Å². The van der Waals surface area contributed by atoms with Crippen LogP contribution in [-0.4, -0.2) is 44.1 Å². The molecule has 2 bridgehead atoms. The SMILES string of the molecule is CN1C2CCC1[C@@H](OC(C)(C)F)[C@@H](c1ccc([Si](C)(C)C)cc1)C2. The topological polar surface area (TPSA) is 12.5 Å². The number of benzene rings is 1. The predicted octanol–water partition coefficient (Wildman–Crippen LogP) is 4.27. The maximum absolute atomic E-state index is 14.3. The van der Waals surface area contributed by atoms with Crippen LogP contribution in [-0.2, 0) is 4.74 Å². The van der Waals surface area contributed by atoms with Crippen molar-refractivity contribution in [1.29, 1.82) is 0 Å². The van der Waals surface area contributed by atoms with E-state index in [4.69, 9.17) is 4.74 Å². The van der Waals surface area contributed by atoms with Crippen LogP contribution in [0.25, 0.3) is 0 Å². The highest BCUT2D eigenvalue weighted by molar-refractivity contribution is 6.88. The number of piperidine rings is 1. The number of rotatable bonds is 4. The Kier molecular flexibility index (Phi) is 4.69. The van der Waals surface area contributed by atoms with Gasteiger partial charge in [-0.25, -0.2) is 4.39 Å². The fraction of sp³-hybridized carbons (Fsp3) is 0.700. The third kappa shape index (κ3) is 3.61. The average molecular weight is 350 g/mol. The molecule has 1 aromatic rings. The van der Waals surface area contributed by atoms with Gasteiger partial charge in [0.05, 0.1) is 14.2 Å². The molecule has 0 saturated carbocycles. The first-order chi connectivity index (χ1) is 11.1. The molecule has 4 atom stereocenters. The van der Waals surface area contributed by atoms with Gasteiger partial charge in [0, 0.05) is 18.0 Å². The maximum Gasteiger partial charge on any atom is 0.203 e. The summed E-state index contributed by atoms with van der Waals surface area (Å²) < 4.78 is 20.2. The summed E-state index contributed by atoms with van der Waals surface area (Å²) in [6.45, 7) is 10.2. The zero-order valence-corrected chi connectivity index (χ0v) is 17.0. The molecular formula is C20H32FNOSi. The lowest BCUT2D eigenvalue weighted by Gasteiger charge is -2.44. The number of nitrogens with zero attached hydrogens (tertiary/aromatic N) is 1. The van der Waals surface area contributed by atoms with Crippen molar-refractivity contribution in [2.45, 2.75) is 82.7 Å². The Morgan fingerprint density at radius 2 is 1.75 bits per heavy atom. The van der Waals surface area contributed by atoms with Gasteiger partial charge in [0.1, 0.15) is 0 Å². The summed E-state index contributed by atoms with van der Waals surface area (Å²) in [5, 5.41) is 1.48. The van der Waals surface area contributed by atoms with Gasteiger partial charge in [-0.15, -0.1) is 0 Å². The van der Waals surface area contributed by atoms with Crippen molar-refractivity contribution < 1.29 is 9.13 Å². The Bertz CT molecular complexity index is 575. The molecule has 0 N–H and O–H groups in total. The monoisotopic (exact) mass is 349 g/mol. The van der Waals surface area contributed by atoms with Crippen molar-refractivity contribution in [1.82, 2.24) is 4.90 Å². The summed E-state index contributed by atoms with van der Waals surface area (Å²) in [5.41, 5.74) is 1.32. The standard InChI is InChI=1S/C20H32FNOSi/c1-20(2,21)23-19-17(13-15-9-12-18(19)22(15)3)14-7-10-16(11-8-14)24(4,5)6/h7-8,10-11,15,17-19H,9,12-13H2,1-6H3/t15?,17-,18?,19+/m1/s1. The molecule has 2 unspecified atom stereocenters. The van der Waals surface area contributed by atoms with Crippen molar-refractivity contribution in [3.63, 3.8) is 0 Å². The zero-order valence-electron chi connectivity index (χ0n) is 16.0. The molecular weight excluding hydrogens is 317 g/mol. The molecule has 2 heterocycles. The quantitative estimate of drug-likeness (QED) is 0.753. The third-order valence-electron chi connectivity index (χ3n) is 5.82. The van der Waals surface area contributed by atoms with E-state index in [0.29, 0.717) is 18.0 Å². The summed E-state index contributed by atoms with van der Waals surface area (Å²) >= 11 is 0. The first-order valence-corrected chi connectivity index (χ1v) is 12.8. The zero-order chi connectivity index (χ0) is 17.7. The number of hydrogen-bond donors (Lipinski definition) is 0. The average Bonchev–Trinajstić information content (AvgIpc) is 2.71. The van der Waals surface area contributed by atoms with E-state index in [0.717, 1.165) is 12.8 Å². The molecule has 2 aliphatic heterocycles. The highest BCUT2D eigenvalue weighted by Crippen LogP contribution is 2.45. The second-order valence-corrected chi connectivity index (χ2v) is 14.2. The predicted molar refractivity (Wildman–Crippen MR) is 101 cm³/mol. The number of ether oxygens (including phenoxy) is 1. The van der Waals surface area contributed by atoms with E-state index in [1.54, 1.807) is 0 Å². The molecule has 0 spiro atoms. The van der Waals surface area contributed by atoms with Crippen molar-refractivity contribution in [2.24, 2.45) is 0 Å². The molecule has 3 rings (SSSR count).